The zero-order valence-electron chi connectivity index (χ0n) is 14.8. The third-order valence-corrected chi connectivity index (χ3v) is 4.58. The van der Waals surface area contributed by atoms with Gasteiger partial charge in [-0.1, -0.05) is 60.7 Å². The van der Waals surface area contributed by atoms with Crippen molar-refractivity contribution >= 4 is 5.71 Å². The summed E-state index contributed by atoms with van der Waals surface area (Å²) in [5.74, 6) is 1.52. The number of benzene rings is 3. The van der Waals surface area contributed by atoms with Crippen LogP contribution in [0, 0.1) is 0 Å². The molecule has 0 atom stereocenters. The van der Waals surface area contributed by atoms with Gasteiger partial charge in [0.1, 0.15) is 6.61 Å². The molecule has 0 spiro atoms. The number of nitrogens with zero attached hydrogens (tertiary/aromatic N) is 1. The van der Waals surface area contributed by atoms with Crippen LogP contribution in [0.1, 0.15) is 22.3 Å². The summed E-state index contributed by atoms with van der Waals surface area (Å²) >= 11 is 0. The number of methoxy groups -OCH3 is 1. The molecule has 0 bridgehead atoms. The van der Waals surface area contributed by atoms with Gasteiger partial charge in [-0.05, 0) is 29.7 Å². The van der Waals surface area contributed by atoms with Crippen LogP contribution in [0.15, 0.2) is 77.8 Å². The molecule has 0 saturated heterocycles. The Kier molecular flexibility index (Phi) is 4.69. The number of ether oxygens (including phenoxy) is 2. The van der Waals surface area contributed by atoms with E-state index in [4.69, 9.17) is 14.5 Å². The van der Waals surface area contributed by atoms with Gasteiger partial charge in [-0.3, -0.25) is 4.99 Å². The van der Waals surface area contributed by atoms with E-state index in [1.165, 1.54) is 5.56 Å². The van der Waals surface area contributed by atoms with Crippen LogP contribution in [-0.4, -0.2) is 19.4 Å². The topological polar surface area (TPSA) is 30.8 Å². The second-order valence-electron chi connectivity index (χ2n) is 6.28. The molecule has 3 heteroatoms. The minimum atomic E-state index is 0.508. The lowest BCUT2D eigenvalue weighted by Gasteiger charge is -2.20. The Morgan fingerprint density at radius 2 is 1.62 bits per heavy atom. The fourth-order valence-electron chi connectivity index (χ4n) is 3.25. The van der Waals surface area contributed by atoms with Crippen LogP contribution in [0.2, 0.25) is 0 Å². The van der Waals surface area contributed by atoms with Crippen molar-refractivity contribution in [2.75, 3.05) is 13.7 Å². The molecular formula is C23H21NO2. The van der Waals surface area contributed by atoms with E-state index < -0.39 is 0 Å². The molecule has 0 amide bonds. The third-order valence-electron chi connectivity index (χ3n) is 4.58. The molecule has 0 aromatic heterocycles. The quantitative estimate of drug-likeness (QED) is 0.674. The zero-order chi connectivity index (χ0) is 17.8. The van der Waals surface area contributed by atoms with Gasteiger partial charge in [-0.2, -0.15) is 0 Å². The zero-order valence-corrected chi connectivity index (χ0v) is 14.8. The molecule has 1 aliphatic rings. The molecule has 3 aromatic rings. The average molecular weight is 343 g/mol. The average Bonchev–Trinajstić information content (AvgIpc) is 2.72. The predicted octanol–water partition coefficient (Wildman–Crippen LogP) is 4.67. The molecule has 1 aliphatic heterocycles. The van der Waals surface area contributed by atoms with Crippen molar-refractivity contribution in [3.05, 3.63) is 95.1 Å². The highest BCUT2D eigenvalue weighted by atomic mass is 16.5. The first kappa shape index (κ1) is 16.4. The van der Waals surface area contributed by atoms with Crippen LogP contribution in [-0.2, 0) is 13.0 Å². The maximum atomic E-state index is 6.08. The van der Waals surface area contributed by atoms with Crippen molar-refractivity contribution in [1.29, 1.82) is 0 Å². The molecule has 3 aromatic carbocycles. The van der Waals surface area contributed by atoms with Crippen LogP contribution in [0.3, 0.4) is 0 Å². The fourth-order valence-corrected chi connectivity index (χ4v) is 3.25. The molecule has 0 N–H and O–H groups in total. The number of fused-ring (bicyclic) bond motifs is 1. The standard InChI is InChI=1S/C23H21NO2/c1-25-21-14-19-12-13-24-23(18-10-6-3-7-11-18)20(19)15-22(21)26-16-17-8-4-2-5-9-17/h2-11,14-15H,12-13,16H2,1H3. The SMILES string of the molecule is COc1cc2c(cc1OCc1ccccc1)C(c1ccccc1)=NCC2. The smallest absolute Gasteiger partial charge is 0.162 e. The summed E-state index contributed by atoms with van der Waals surface area (Å²) in [4.78, 5) is 4.78. The predicted molar refractivity (Wildman–Crippen MR) is 104 cm³/mol. The van der Waals surface area contributed by atoms with Crippen molar-refractivity contribution in [3.63, 3.8) is 0 Å². The highest BCUT2D eigenvalue weighted by molar-refractivity contribution is 6.14. The summed E-state index contributed by atoms with van der Waals surface area (Å²) < 4.78 is 11.7. The van der Waals surface area contributed by atoms with Crippen molar-refractivity contribution in [1.82, 2.24) is 0 Å². The van der Waals surface area contributed by atoms with Crippen LogP contribution in [0.25, 0.3) is 0 Å². The Balaban J connectivity index is 1.69. The van der Waals surface area contributed by atoms with Crippen LogP contribution in [0.5, 0.6) is 11.5 Å². The molecule has 0 unspecified atom stereocenters. The van der Waals surface area contributed by atoms with Crippen molar-refractivity contribution < 1.29 is 9.47 Å². The minimum Gasteiger partial charge on any atom is -0.493 e. The Morgan fingerprint density at radius 1 is 0.885 bits per heavy atom. The fraction of sp³-hybridized carbons (Fsp3) is 0.174. The lowest BCUT2D eigenvalue weighted by Crippen LogP contribution is -2.15. The van der Waals surface area contributed by atoms with E-state index in [9.17, 15) is 0 Å². The summed E-state index contributed by atoms with van der Waals surface area (Å²) in [5.41, 5.74) is 5.67. The molecule has 4 rings (SSSR count). The lowest BCUT2D eigenvalue weighted by molar-refractivity contribution is 0.284. The Bertz CT molecular complexity index is 918. The van der Waals surface area contributed by atoms with E-state index in [2.05, 4.69) is 36.4 Å². The van der Waals surface area contributed by atoms with Gasteiger partial charge in [0.15, 0.2) is 11.5 Å². The molecule has 0 saturated carbocycles. The van der Waals surface area contributed by atoms with Gasteiger partial charge >= 0.3 is 0 Å². The van der Waals surface area contributed by atoms with E-state index >= 15 is 0 Å². The van der Waals surface area contributed by atoms with Gasteiger partial charge < -0.3 is 9.47 Å². The van der Waals surface area contributed by atoms with Crippen LogP contribution in [0.4, 0.5) is 0 Å². The Labute approximate surface area is 153 Å². The molecule has 0 aliphatic carbocycles. The summed E-state index contributed by atoms with van der Waals surface area (Å²) in [6.07, 6.45) is 0.918. The highest BCUT2D eigenvalue weighted by Gasteiger charge is 2.19. The second kappa shape index (κ2) is 7.44. The normalized spacial score (nSPS) is 12.9. The maximum Gasteiger partial charge on any atom is 0.162 e. The summed E-state index contributed by atoms with van der Waals surface area (Å²) in [6.45, 7) is 1.30. The second-order valence-corrected chi connectivity index (χ2v) is 6.28. The first-order valence-electron chi connectivity index (χ1n) is 8.83. The molecule has 3 nitrogen and oxygen atoms in total. The van der Waals surface area contributed by atoms with Crippen molar-refractivity contribution in [3.8, 4) is 11.5 Å². The Morgan fingerprint density at radius 3 is 2.35 bits per heavy atom. The highest BCUT2D eigenvalue weighted by Crippen LogP contribution is 2.34. The molecule has 1 heterocycles. The number of aliphatic imine (C=N–C) groups is 1. The minimum absolute atomic E-state index is 0.508. The van der Waals surface area contributed by atoms with E-state index in [0.29, 0.717) is 6.61 Å². The van der Waals surface area contributed by atoms with Gasteiger partial charge in [0.05, 0.1) is 12.8 Å². The molecule has 26 heavy (non-hydrogen) atoms. The number of hydrogen-bond donors (Lipinski definition) is 0. The summed E-state index contributed by atoms with van der Waals surface area (Å²) in [5, 5.41) is 0. The summed E-state index contributed by atoms with van der Waals surface area (Å²) in [7, 11) is 1.69. The van der Waals surface area contributed by atoms with E-state index in [1.54, 1.807) is 7.11 Å². The van der Waals surface area contributed by atoms with Crippen LogP contribution < -0.4 is 9.47 Å². The summed E-state index contributed by atoms with van der Waals surface area (Å²) in [6, 6.07) is 24.6. The molecule has 130 valence electrons. The van der Waals surface area contributed by atoms with Gasteiger partial charge in [-0.25, -0.2) is 0 Å². The van der Waals surface area contributed by atoms with Crippen LogP contribution >= 0.6 is 0 Å². The van der Waals surface area contributed by atoms with Gasteiger partial charge in [0.2, 0.25) is 0 Å². The number of rotatable bonds is 5. The van der Waals surface area contributed by atoms with E-state index in [-0.39, 0.29) is 0 Å². The first-order chi connectivity index (χ1) is 12.8. The van der Waals surface area contributed by atoms with E-state index in [1.807, 2.05) is 36.4 Å². The van der Waals surface area contributed by atoms with Gasteiger partial charge in [0.25, 0.3) is 0 Å². The van der Waals surface area contributed by atoms with Crippen molar-refractivity contribution in [2.24, 2.45) is 4.99 Å². The Hall–Kier alpha value is -3.07. The molecule has 0 radical (unpaired) electrons. The number of hydrogen-bond acceptors (Lipinski definition) is 3. The van der Waals surface area contributed by atoms with E-state index in [0.717, 1.165) is 46.9 Å². The largest absolute Gasteiger partial charge is 0.493 e. The van der Waals surface area contributed by atoms with Crippen molar-refractivity contribution in [2.45, 2.75) is 13.0 Å². The molecule has 0 fully saturated rings. The lowest BCUT2D eigenvalue weighted by atomic mass is 9.93. The van der Waals surface area contributed by atoms with Gasteiger partial charge in [0, 0.05) is 17.7 Å². The maximum absolute atomic E-state index is 6.08. The molecular weight excluding hydrogens is 322 g/mol. The first-order valence-corrected chi connectivity index (χ1v) is 8.83. The van der Waals surface area contributed by atoms with Gasteiger partial charge in [-0.15, -0.1) is 0 Å². The third kappa shape index (κ3) is 3.33. The monoisotopic (exact) mass is 343 g/mol.